The molecule has 8 heteroatoms. The fourth-order valence-corrected chi connectivity index (χ4v) is 3.24. The van der Waals surface area contributed by atoms with Crippen molar-refractivity contribution < 1.29 is 26.5 Å². The summed E-state index contributed by atoms with van der Waals surface area (Å²) in [7, 11) is -1.84. The van der Waals surface area contributed by atoms with E-state index in [9.17, 15) is 8.42 Å². The van der Waals surface area contributed by atoms with Crippen LogP contribution in [0.5, 0.6) is 11.5 Å². The van der Waals surface area contributed by atoms with Gasteiger partial charge >= 0.3 is 0 Å². The van der Waals surface area contributed by atoms with Gasteiger partial charge in [-0.05, 0) is 42.2 Å². The summed E-state index contributed by atoms with van der Waals surface area (Å²) in [5, 5.41) is 0. The Morgan fingerprint density at radius 3 is 2.61 bits per heavy atom. The monoisotopic (exact) mass is 443 g/mol. The van der Waals surface area contributed by atoms with Gasteiger partial charge in [0, 0.05) is 6.08 Å². The van der Waals surface area contributed by atoms with Crippen LogP contribution in [0.4, 0.5) is 0 Å². The normalized spacial score (nSPS) is 11.7. The summed E-state index contributed by atoms with van der Waals surface area (Å²) in [4.78, 5) is 4.40. The van der Waals surface area contributed by atoms with E-state index in [1.807, 2.05) is 60.7 Å². The Balaban J connectivity index is 1.54. The zero-order valence-corrected chi connectivity index (χ0v) is 18.3. The van der Waals surface area contributed by atoms with E-state index < -0.39 is 10.1 Å². The lowest BCUT2D eigenvalue weighted by Crippen LogP contribution is -2.05. The molecule has 0 aliphatic rings. The number of hydrogen-bond acceptors (Lipinski definition) is 7. The highest BCUT2D eigenvalue weighted by Gasteiger charge is 2.09. The quantitative estimate of drug-likeness (QED) is 0.322. The number of aromatic nitrogens is 1. The van der Waals surface area contributed by atoms with Crippen LogP contribution in [-0.2, 0) is 27.3 Å². The lowest BCUT2D eigenvalue weighted by atomic mass is 10.1. The number of benzene rings is 2. The summed E-state index contributed by atoms with van der Waals surface area (Å²) >= 11 is 0. The van der Waals surface area contributed by atoms with Crippen molar-refractivity contribution in [1.29, 1.82) is 0 Å². The molecule has 1 aromatic heterocycles. The van der Waals surface area contributed by atoms with E-state index in [2.05, 4.69) is 4.98 Å². The molecule has 0 N–H and O–H groups in total. The van der Waals surface area contributed by atoms with E-state index in [0.29, 0.717) is 35.9 Å². The maximum absolute atomic E-state index is 11.0. The van der Waals surface area contributed by atoms with Crippen LogP contribution in [0.15, 0.2) is 59.2 Å². The van der Waals surface area contributed by atoms with E-state index in [1.54, 1.807) is 13.4 Å². The molecule has 0 aliphatic heterocycles. The van der Waals surface area contributed by atoms with Crippen molar-refractivity contribution in [2.75, 3.05) is 20.0 Å². The molecule has 2 aromatic carbocycles. The minimum absolute atomic E-state index is 0.145. The molecule has 0 bridgehead atoms. The van der Waals surface area contributed by atoms with Crippen molar-refractivity contribution in [1.82, 2.24) is 4.98 Å². The molecule has 3 aromatic rings. The van der Waals surface area contributed by atoms with Crippen molar-refractivity contribution >= 4 is 22.3 Å². The summed E-state index contributed by atoms with van der Waals surface area (Å²) in [5.74, 6) is 1.68. The van der Waals surface area contributed by atoms with E-state index >= 15 is 0 Å². The number of rotatable bonds is 11. The van der Waals surface area contributed by atoms with Gasteiger partial charge in [0.15, 0.2) is 11.5 Å². The molecule has 0 aliphatic carbocycles. The third-order valence-corrected chi connectivity index (χ3v) is 4.89. The van der Waals surface area contributed by atoms with Gasteiger partial charge in [0.25, 0.3) is 10.1 Å². The van der Waals surface area contributed by atoms with E-state index in [0.717, 1.165) is 17.4 Å². The Hall–Kier alpha value is -3.10. The Morgan fingerprint density at radius 1 is 1.06 bits per heavy atom. The number of hydrogen-bond donors (Lipinski definition) is 0. The van der Waals surface area contributed by atoms with Crippen LogP contribution < -0.4 is 9.47 Å². The molecule has 164 valence electrons. The first kappa shape index (κ1) is 22.6. The lowest BCUT2D eigenvalue weighted by molar-refractivity contribution is 0.280. The average molecular weight is 444 g/mol. The molecule has 0 radical (unpaired) electrons. The number of methoxy groups -OCH3 is 1. The first-order chi connectivity index (χ1) is 14.9. The SMILES string of the molecule is COc1cc(CCCOS(C)(=O)=O)ccc1OCc1coc(/C=C/c2ccccc2)n1. The lowest BCUT2D eigenvalue weighted by Gasteiger charge is -2.11. The number of aryl methyl sites for hydroxylation is 1. The highest BCUT2D eigenvalue weighted by Crippen LogP contribution is 2.29. The summed E-state index contributed by atoms with van der Waals surface area (Å²) in [6, 6.07) is 15.5. The van der Waals surface area contributed by atoms with Crippen LogP contribution in [-0.4, -0.2) is 33.4 Å². The van der Waals surface area contributed by atoms with Crippen LogP contribution in [0.3, 0.4) is 0 Å². The number of nitrogens with zero attached hydrogens (tertiary/aromatic N) is 1. The maximum atomic E-state index is 11.0. The molecule has 3 rings (SSSR count). The third kappa shape index (κ3) is 7.58. The Bertz CT molecular complexity index is 1110. The second-order valence-corrected chi connectivity index (χ2v) is 8.47. The van der Waals surface area contributed by atoms with Gasteiger partial charge in [-0.2, -0.15) is 8.42 Å². The van der Waals surface area contributed by atoms with Gasteiger partial charge in [-0.1, -0.05) is 36.4 Å². The molecule has 0 fully saturated rings. The first-order valence-electron chi connectivity index (χ1n) is 9.74. The first-order valence-corrected chi connectivity index (χ1v) is 11.6. The minimum Gasteiger partial charge on any atom is -0.493 e. The zero-order valence-electron chi connectivity index (χ0n) is 17.5. The van der Waals surface area contributed by atoms with E-state index in [-0.39, 0.29) is 13.2 Å². The smallest absolute Gasteiger partial charge is 0.264 e. The van der Waals surface area contributed by atoms with Gasteiger partial charge in [0.1, 0.15) is 18.6 Å². The Kier molecular flexibility index (Phi) is 7.86. The molecule has 7 nitrogen and oxygen atoms in total. The highest BCUT2D eigenvalue weighted by atomic mass is 32.2. The second-order valence-electron chi connectivity index (χ2n) is 6.82. The summed E-state index contributed by atoms with van der Waals surface area (Å²) in [5.41, 5.74) is 2.72. The van der Waals surface area contributed by atoms with Crippen molar-refractivity contribution in [3.63, 3.8) is 0 Å². The fourth-order valence-electron chi connectivity index (χ4n) is 2.82. The Morgan fingerprint density at radius 2 is 1.87 bits per heavy atom. The highest BCUT2D eigenvalue weighted by molar-refractivity contribution is 7.85. The van der Waals surface area contributed by atoms with Crippen molar-refractivity contribution in [2.45, 2.75) is 19.4 Å². The molecular formula is C23H25NO6S. The number of oxazole rings is 1. The van der Waals surface area contributed by atoms with Crippen LogP contribution in [0.2, 0.25) is 0 Å². The van der Waals surface area contributed by atoms with Crippen LogP contribution in [0.25, 0.3) is 12.2 Å². The van der Waals surface area contributed by atoms with E-state index in [4.69, 9.17) is 18.1 Å². The Labute approximate surface area is 182 Å². The van der Waals surface area contributed by atoms with Gasteiger partial charge in [-0.3, -0.25) is 4.18 Å². The van der Waals surface area contributed by atoms with Crippen molar-refractivity contribution in [2.24, 2.45) is 0 Å². The molecule has 31 heavy (non-hydrogen) atoms. The standard InChI is InChI=1S/C23H25NO6S/c1-27-22-15-19(9-6-14-30-31(2,25)26)10-12-21(22)28-16-20-17-29-23(24-20)13-11-18-7-4-3-5-8-18/h3-5,7-8,10-13,15,17H,6,9,14,16H2,1-2H3/b13-11+. The van der Waals surface area contributed by atoms with Gasteiger partial charge in [-0.25, -0.2) is 4.98 Å². The maximum Gasteiger partial charge on any atom is 0.264 e. The molecule has 0 atom stereocenters. The molecule has 0 amide bonds. The van der Waals surface area contributed by atoms with Gasteiger partial charge in [-0.15, -0.1) is 0 Å². The van der Waals surface area contributed by atoms with Gasteiger partial charge < -0.3 is 13.9 Å². The average Bonchev–Trinajstić information content (AvgIpc) is 3.22. The molecule has 0 unspecified atom stereocenters. The fraction of sp³-hybridized carbons (Fsp3) is 0.261. The minimum atomic E-state index is -3.41. The summed E-state index contributed by atoms with van der Waals surface area (Å²) in [6.07, 6.45) is 7.58. The molecule has 0 spiro atoms. The molecular weight excluding hydrogens is 418 g/mol. The predicted octanol–water partition coefficient (Wildman–Crippen LogP) is 4.34. The largest absolute Gasteiger partial charge is 0.493 e. The van der Waals surface area contributed by atoms with Gasteiger partial charge in [0.05, 0.1) is 20.0 Å². The molecule has 1 heterocycles. The van der Waals surface area contributed by atoms with E-state index in [1.165, 1.54) is 0 Å². The number of ether oxygens (including phenoxy) is 2. The van der Waals surface area contributed by atoms with Crippen molar-refractivity contribution in [3.05, 3.63) is 77.5 Å². The van der Waals surface area contributed by atoms with Crippen LogP contribution in [0, 0.1) is 0 Å². The van der Waals surface area contributed by atoms with Crippen molar-refractivity contribution in [3.8, 4) is 11.5 Å². The predicted molar refractivity (Wildman–Crippen MR) is 118 cm³/mol. The van der Waals surface area contributed by atoms with Crippen LogP contribution in [0.1, 0.15) is 29.1 Å². The van der Waals surface area contributed by atoms with Crippen LogP contribution >= 0.6 is 0 Å². The molecule has 0 saturated carbocycles. The second kappa shape index (κ2) is 10.8. The summed E-state index contributed by atoms with van der Waals surface area (Å²) < 4.78 is 43.5. The third-order valence-electron chi connectivity index (χ3n) is 4.30. The van der Waals surface area contributed by atoms with Gasteiger partial charge in [0.2, 0.25) is 5.89 Å². The summed E-state index contributed by atoms with van der Waals surface area (Å²) in [6.45, 7) is 0.382. The zero-order chi connectivity index (χ0) is 22.1. The topological polar surface area (TPSA) is 87.9 Å². The molecule has 0 saturated heterocycles.